The van der Waals surface area contributed by atoms with Crippen LogP contribution in [0.3, 0.4) is 0 Å². The number of halogens is 1. The highest BCUT2D eigenvalue weighted by atomic mass is 35.5. The number of pyridine rings is 1. The summed E-state index contributed by atoms with van der Waals surface area (Å²) in [6.07, 6.45) is 3.22. The summed E-state index contributed by atoms with van der Waals surface area (Å²) in [6.45, 7) is 0. The molecule has 0 radical (unpaired) electrons. The molecule has 100 valence electrons. The second-order valence-electron chi connectivity index (χ2n) is 3.80. The molecular formula is C12H8ClN5OS. The van der Waals surface area contributed by atoms with Crippen molar-refractivity contribution in [3.63, 3.8) is 0 Å². The Morgan fingerprint density at radius 3 is 2.70 bits per heavy atom. The van der Waals surface area contributed by atoms with Crippen molar-refractivity contribution in [3.8, 4) is 11.4 Å². The molecule has 0 fully saturated rings. The van der Waals surface area contributed by atoms with Gasteiger partial charge in [0.25, 0.3) is 0 Å². The third kappa shape index (κ3) is 2.59. The maximum absolute atomic E-state index is 9.30. The molecule has 2 heterocycles. The summed E-state index contributed by atoms with van der Waals surface area (Å²) in [5.74, 6) is 0.188. The lowest BCUT2D eigenvalue weighted by atomic mass is 10.3. The molecule has 0 saturated carbocycles. The molecule has 3 rings (SSSR count). The summed E-state index contributed by atoms with van der Waals surface area (Å²) in [5.41, 5.74) is 0.750. The summed E-state index contributed by atoms with van der Waals surface area (Å²) in [6, 6.07) is 8.40. The number of rotatable bonds is 3. The van der Waals surface area contributed by atoms with E-state index in [9.17, 15) is 5.11 Å². The number of aromatic hydroxyl groups is 1. The van der Waals surface area contributed by atoms with Gasteiger partial charge < -0.3 is 5.11 Å². The van der Waals surface area contributed by atoms with Gasteiger partial charge in [0.1, 0.15) is 5.75 Å². The van der Waals surface area contributed by atoms with Gasteiger partial charge in [-0.2, -0.15) is 4.68 Å². The fourth-order valence-electron chi connectivity index (χ4n) is 1.54. The Hall–Kier alpha value is -2.12. The van der Waals surface area contributed by atoms with Gasteiger partial charge in [-0.15, -0.1) is 5.10 Å². The molecule has 20 heavy (non-hydrogen) atoms. The molecule has 0 aliphatic heterocycles. The van der Waals surface area contributed by atoms with Crippen LogP contribution in [0.5, 0.6) is 5.75 Å². The zero-order chi connectivity index (χ0) is 13.9. The molecule has 0 unspecified atom stereocenters. The minimum atomic E-state index is 0.188. The van der Waals surface area contributed by atoms with Crippen molar-refractivity contribution in [2.75, 3.05) is 0 Å². The van der Waals surface area contributed by atoms with Gasteiger partial charge in [0.2, 0.25) is 5.16 Å². The molecule has 0 bridgehead atoms. The van der Waals surface area contributed by atoms with Crippen LogP contribution in [-0.2, 0) is 0 Å². The summed E-state index contributed by atoms with van der Waals surface area (Å²) in [5, 5.41) is 22.0. The number of hydrogen-bond acceptors (Lipinski definition) is 6. The standard InChI is InChI=1S/C12H8ClN5OS/c13-10-7-14-6-5-11(10)20-12-15-16-17-18(12)8-1-3-9(19)4-2-8/h1-7,19H. The Balaban J connectivity index is 1.95. The smallest absolute Gasteiger partial charge is 0.218 e. The molecule has 1 N–H and O–H groups in total. The van der Waals surface area contributed by atoms with E-state index in [0.29, 0.717) is 10.2 Å². The van der Waals surface area contributed by atoms with Crippen molar-refractivity contribution in [1.82, 2.24) is 25.2 Å². The van der Waals surface area contributed by atoms with Crippen LogP contribution < -0.4 is 0 Å². The topological polar surface area (TPSA) is 76.7 Å². The Bertz CT molecular complexity index is 731. The normalized spacial score (nSPS) is 10.7. The van der Waals surface area contributed by atoms with Crippen LogP contribution in [0.1, 0.15) is 0 Å². The van der Waals surface area contributed by atoms with Gasteiger partial charge in [-0.3, -0.25) is 4.98 Å². The molecule has 0 spiro atoms. The van der Waals surface area contributed by atoms with E-state index in [4.69, 9.17) is 11.6 Å². The molecule has 8 heteroatoms. The number of benzene rings is 1. The quantitative estimate of drug-likeness (QED) is 0.801. The van der Waals surface area contributed by atoms with E-state index in [-0.39, 0.29) is 5.75 Å². The van der Waals surface area contributed by atoms with Gasteiger partial charge in [-0.05, 0) is 52.5 Å². The summed E-state index contributed by atoms with van der Waals surface area (Å²) >= 11 is 7.40. The minimum absolute atomic E-state index is 0.188. The average Bonchev–Trinajstić information content (AvgIpc) is 2.90. The number of phenols is 1. The zero-order valence-electron chi connectivity index (χ0n) is 10.0. The van der Waals surface area contributed by atoms with Crippen LogP contribution in [-0.4, -0.2) is 30.3 Å². The SMILES string of the molecule is Oc1ccc(-n2nnnc2Sc2ccncc2Cl)cc1. The summed E-state index contributed by atoms with van der Waals surface area (Å²) in [4.78, 5) is 4.75. The largest absolute Gasteiger partial charge is 0.508 e. The Labute approximate surface area is 123 Å². The monoisotopic (exact) mass is 305 g/mol. The molecule has 1 aromatic carbocycles. The van der Waals surface area contributed by atoms with Gasteiger partial charge in [-0.25, -0.2) is 0 Å². The van der Waals surface area contributed by atoms with Crippen molar-refractivity contribution >= 4 is 23.4 Å². The van der Waals surface area contributed by atoms with Gasteiger partial charge in [0, 0.05) is 17.3 Å². The average molecular weight is 306 g/mol. The zero-order valence-corrected chi connectivity index (χ0v) is 11.6. The highest BCUT2D eigenvalue weighted by Crippen LogP contribution is 2.31. The first kappa shape index (κ1) is 12.9. The van der Waals surface area contributed by atoms with Crippen LogP contribution >= 0.6 is 23.4 Å². The van der Waals surface area contributed by atoms with Crippen molar-refractivity contribution in [2.45, 2.75) is 10.1 Å². The third-order valence-electron chi connectivity index (χ3n) is 2.47. The molecule has 0 saturated heterocycles. The predicted molar refractivity (Wildman–Crippen MR) is 74.2 cm³/mol. The van der Waals surface area contributed by atoms with E-state index in [0.717, 1.165) is 10.6 Å². The van der Waals surface area contributed by atoms with E-state index in [1.165, 1.54) is 11.8 Å². The second-order valence-corrected chi connectivity index (χ2v) is 5.21. The summed E-state index contributed by atoms with van der Waals surface area (Å²) < 4.78 is 1.57. The molecule has 2 aromatic heterocycles. The lowest BCUT2D eigenvalue weighted by molar-refractivity contribution is 0.475. The number of phenolic OH excluding ortho intramolecular Hbond substituents is 1. The van der Waals surface area contributed by atoms with E-state index in [2.05, 4.69) is 20.5 Å². The van der Waals surface area contributed by atoms with E-state index in [1.807, 2.05) is 0 Å². The van der Waals surface area contributed by atoms with Crippen LogP contribution in [0, 0.1) is 0 Å². The third-order valence-corrected chi connectivity index (χ3v) is 3.90. The van der Waals surface area contributed by atoms with Crippen LogP contribution in [0.2, 0.25) is 5.02 Å². The first-order chi connectivity index (χ1) is 9.74. The first-order valence-corrected chi connectivity index (χ1v) is 6.78. The predicted octanol–water partition coefficient (Wildman–Crippen LogP) is 2.57. The fraction of sp³-hybridized carbons (Fsp3) is 0. The van der Waals surface area contributed by atoms with Crippen LogP contribution in [0.25, 0.3) is 5.69 Å². The lowest BCUT2D eigenvalue weighted by Crippen LogP contribution is -1.98. The summed E-state index contributed by atoms with van der Waals surface area (Å²) in [7, 11) is 0. The van der Waals surface area contributed by atoms with Gasteiger partial charge in [0.05, 0.1) is 10.7 Å². The fourth-order valence-corrected chi connectivity index (χ4v) is 2.56. The van der Waals surface area contributed by atoms with E-state index < -0.39 is 0 Å². The van der Waals surface area contributed by atoms with Crippen LogP contribution in [0.15, 0.2) is 52.8 Å². The highest BCUT2D eigenvalue weighted by molar-refractivity contribution is 7.99. The van der Waals surface area contributed by atoms with Gasteiger partial charge >= 0.3 is 0 Å². The van der Waals surface area contributed by atoms with Gasteiger partial charge in [0.15, 0.2) is 0 Å². The maximum Gasteiger partial charge on any atom is 0.218 e. The Kier molecular flexibility index (Phi) is 3.53. The number of tetrazole rings is 1. The van der Waals surface area contributed by atoms with E-state index >= 15 is 0 Å². The molecule has 0 amide bonds. The molecule has 6 nitrogen and oxygen atoms in total. The number of aromatic nitrogens is 5. The molecule has 0 aliphatic rings. The van der Waals surface area contributed by atoms with Crippen LogP contribution in [0.4, 0.5) is 0 Å². The highest BCUT2D eigenvalue weighted by Gasteiger charge is 2.12. The lowest BCUT2D eigenvalue weighted by Gasteiger charge is -2.05. The second kappa shape index (κ2) is 5.48. The number of hydrogen-bond donors (Lipinski definition) is 1. The van der Waals surface area contributed by atoms with Crippen molar-refractivity contribution in [3.05, 3.63) is 47.7 Å². The molecule has 3 aromatic rings. The van der Waals surface area contributed by atoms with Crippen molar-refractivity contribution in [2.24, 2.45) is 0 Å². The Morgan fingerprint density at radius 2 is 1.95 bits per heavy atom. The first-order valence-electron chi connectivity index (χ1n) is 5.59. The number of nitrogens with zero attached hydrogens (tertiary/aromatic N) is 5. The molecular weight excluding hydrogens is 298 g/mol. The molecule has 0 aliphatic carbocycles. The van der Waals surface area contributed by atoms with Crippen molar-refractivity contribution in [1.29, 1.82) is 0 Å². The Morgan fingerprint density at radius 1 is 1.15 bits per heavy atom. The minimum Gasteiger partial charge on any atom is -0.508 e. The molecule has 0 atom stereocenters. The maximum atomic E-state index is 9.30. The van der Waals surface area contributed by atoms with E-state index in [1.54, 1.807) is 47.4 Å². The van der Waals surface area contributed by atoms with Crippen molar-refractivity contribution < 1.29 is 5.11 Å². The van der Waals surface area contributed by atoms with Gasteiger partial charge in [-0.1, -0.05) is 11.6 Å².